The third-order valence-electron chi connectivity index (χ3n) is 3.87. The number of rotatable bonds is 7. The van der Waals surface area contributed by atoms with Crippen LogP contribution >= 0.6 is 0 Å². The summed E-state index contributed by atoms with van der Waals surface area (Å²) < 4.78 is 59.6. The molecule has 27 heavy (non-hydrogen) atoms. The van der Waals surface area contributed by atoms with Gasteiger partial charge in [0.2, 0.25) is 10.0 Å². The molecule has 148 valence electrons. The highest BCUT2D eigenvalue weighted by atomic mass is 32.2. The van der Waals surface area contributed by atoms with Crippen molar-refractivity contribution < 1.29 is 21.6 Å². The molecule has 0 aliphatic rings. The van der Waals surface area contributed by atoms with Crippen LogP contribution in [-0.2, 0) is 20.0 Å². The number of aryl methyl sites for hydroxylation is 1. The van der Waals surface area contributed by atoms with Crippen molar-refractivity contribution in [1.82, 2.24) is 4.72 Å². The average Bonchev–Trinajstić information content (AvgIpc) is 2.59. The number of hydrogen-bond donors (Lipinski definition) is 1. The molecule has 0 aliphatic heterocycles. The molecule has 2 rings (SSSR count). The molecular weight excluding hydrogens is 388 g/mol. The number of methoxy groups -OCH3 is 1. The van der Waals surface area contributed by atoms with E-state index in [2.05, 4.69) is 4.72 Å². The minimum Gasteiger partial charge on any atom is -0.495 e. The maximum absolute atomic E-state index is 13.0. The second-order valence-corrected chi connectivity index (χ2v) is 10.1. The molecule has 0 amide bonds. The topological polar surface area (TPSA) is 92.8 Å². The van der Waals surface area contributed by atoms with E-state index in [0.717, 1.165) is 9.87 Å². The summed E-state index contributed by atoms with van der Waals surface area (Å²) >= 11 is 0. The smallest absolute Gasteiger partial charge is 0.264 e. The maximum atomic E-state index is 13.0. The van der Waals surface area contributed by atoms with Crippen molar-refractivity contribution in [3.63, 3.8) is 0 Å². The SMILES string of the molecule is COc1ccc(S(=O)(=O)NC(C)C)cc1N(C)S(=O)(=O)c1ccc(C)cc1. The highest BCUT2D eigenvalue weighted by Gasteiger charge is 2.26. The highest BCUT2D eigenvalue weighted by Crippen LogP contribution is 2.33. The minimum atomic E-state index is -3.89. The van der Waals surface area contributed by atoms with Gasteiger partial charge < -0.3 is 4.74 Å². The van der Waals surface area contributed by atoms with Crippen molar-refractivity contribution in [2.24, 2.45) is 0 Å². The Labute approximate surface area is 161 Å². The summed E-state index contributed by atoms with van der Waals surface area (Å²) in [5.41, 5.74) is 1.06. The van der Waals surface area contributed by atoms with Crippen LogP contribution in [-0.4, -0.2) is 37.0 Å². The van der Waals surface area contributed by atoms with E-state index >= 15 is 0 Å². The van der Waals surface area contributed by atoms with Gasteiger partial charge in [-0.15, -0.1) is 0 Å². The number of sulfonamides is 2. The van der Waals surface area contributed by atoms with Crippen LogP contribution in [0.2, 0.25) is 0 Å². The summed E-state index contributed by atoms with van der Waals surface area (Å²) in [4.78, 5) is 0.0594. The Morgan fingerprint density at radius 3 is 2.04 bits per heavy atom. The summed E-state index contributed by atoms with van der Waals surface area (Å²) in [7, 11) is -4.92. The Bertz CT molecular complexity index is 1010. The first-order valence-corrected chi connectivity index (χ1v) is 11.2. The number of ether oxygens (including phenoxy) is 1. The molecule has 0 saturated heterocycles. The Balaban J connectivity index is 2.55. The molecule has 0 saturated carbocycles. The van der Waals surface area contributed by atoms with Crippen LogP contribution in [0.1, 0.15) is 19.4 Å². The summed E-state index contributed by atoms with van der Waals surface area (Å²) in [5.74, 6) is 0.247. The molecule has 7 nitrogen and oxygen atoms in total. The van der Waals surface area contributed by atoms with Gasteiger partial charge in [0.1, 0.15) is 5.75 Å². The second-order valence-electron chi connectivity index (χ2n) is 6.40. The Morgan fingerprint density at radius 1 is 0.963 bits per heavy atom. The zero-order valence-electron chi connectivity index (χ0n) is 15.9. The number of nitrogens with zero attached hydrogens (tertiary/aromatic N) is 1. The average molecular weight is 413 g/mol. The van der Waals surface area contributed by atoms with E-state index < -0.39 is 20.0 Å². The Kier molecular flexibility index (Phi) is 6.18. The zero-order valence-corrected chi connectivity index (χ0v) is 17.6. The molecule has 0 radical (unpaired) electrons. The van der Waals surface area contributed by atoms with Crippen LogP contribution in [0.15, 0.2) is 52.3 Å². The van der Waals surface area contributed by atoms with E-state index in [1.165, 1.54) is 44.5 Å². The molecule has 2 aromatic carbocycles. The normalized spacial score (nSPS) is 12.2. The summed E-state index contributed by atoms with van der Waals surface area (Å²) in [6, 6.07) is 10.2. The van der Waals surface area contributed by atoms with Gasteiger partial charge in [-0.1, -0.05) is 17.7 Å². The monoisotopic (exact) mass is 412 g/mol. The van der Waals surface area contributed by atoms with Crippen LogP contribution in [0, 0.1) is 6.92 Å². The van der Waals surface area contributed by atoms with Gasteiger partial charge in [-0.2, -0.15) is 0 Å². The fraction of sp³-hybridized carbons (Fsp3) is 0.333. The number of nitrogens with one attached hydrogen (secondary N) is 1. The van der Waals surface area contributed by atoms with Gasteiger partial charge in [0, 0.05) is 13.1 Å². The molecule has 0 aliphatic carbocycles. The van der Waals surface area contributed by atoms with Gasteiger partial charge >= 0.3 is 0 Å². The van der Waals surface area contributed by atoms with Crippen molar-refractivity contribution in [3.8, 4) is 5.75 Å². The first kappa shape index (κ1) is 21.2. The molecule has 2 aromatic rings. The van der Waals surface area contributed by atoms with Gasteiger partial charge in [-0.3, -0.25) is 4.31 Å². The van der Waals surface area contributed by atoms with E-state index in [9.17, 15) is 16.8 Å². The van der Waals surface area contributed by atoms with Gasteiger partial charge in [0.05, 0.1) is 22.6 Å². The molecule has 0 spiro atoms. The minimum absolute atomic E-state index is 0.0436. The fourth-order valence-corrected chi connectivity index (χ4v) is 4.93. The first-order chi connectivity index (χ1) is 12.5. The van der Waals surface area contributed by atoms with Crippen LogP contribution in [0.4, 0.5) is 5.69 Å². The number of anilines is 1. The van der Waals surface area contributed by atoms with Gasteiger partial charge in [-0.05, 0) is 51.1 Å². The zero-order chi connectivity index (χ0) is 20.4. The standard InChI is InChI=1S/C18H24N2O5S2/c1-13(2)19-26(21,22)16-10-11-18(25-5)17(12-16)20(4)27(23,24)15-8-6-14(3)7-9-15/h6-13,19H,1-5H3. The van der Waals surface area contributed by atoms with E-state index in [1.54, 1.807) is 26.0 Å². The van der Waals surface area contributed by atoms with Crippen molar-refractivity contribution in [2.75, 3.05) is 18.5 Å². The quantitative estimate of drug-likeness (QED) is 0.754. The lowest BCUT2D eigenvalue weighted by Crippen LogP contribution is -2.31. The maximum Gasteiger partial charge on any atom is 0.264 e. The molecule has 9 heteroatoms. The summed E-state index contributed by atoms with van der Waals surface area (Å²) in [5, 5.41) is 0. The molecule has 0 aromatic heterocycles. The predicted molar refractivity (Wildman–Crippen MR) is 105 cm³/mol. The lowest BCUT2D eigenvalue weighted by atomic mass is 10.2. The van der Waals surface area contributed by atoms with Crippen molar-refractivity contribution in [1.29, 1.82) is 0 Å². The van der Waals surface area contributed by atoms with E-state index in [-0.39, 0.29) is 27.3 Å². The summed E-state index contributed by atoms with van der Waals surface area (Å²) in [6.45, 7) is 5.27. The first-order valence-electron chi connectivity index (χ1n) is 8.25. The van der Waals surface area contributed by atoms with Crippen molar-refractivity contribution in [2.45, 2.75) is 36.6 Å². The van der Waals surface area contributed by atoms with Crippen LogP contribution in [0.5, 0.6) is 5.75 Å². The fourth-order valence-electron chi connectivity index (χ4n) is 2.46. The van der Waals surface area contributed by atoms with Crippen LogP contribution in [0.3, 0.4) is 0 Å². The predicted octanol–water partition coefficient (Wildman–Crippen LogP) is 2.52. The summed E-state index contributed by atoms with van der Waals surface area (Å²) in [6.07, 6.45) is 0. The molecule has 1 N–H and O–H groups in total. The van der Waals surface area contributed by atoms with E-state index in [1.807, 2.05) is 6.92 Å². The molecule has 0 bridgehead atoms. The van der Waals surface area contributed by atoms with E-state index in [0.29, 0.717) is 0 Å². The molecule has 0 atom stereocenters. The lowest BCUT2D eigenvalue weighted by Gasteiger charge is -2.22. The lowest BCUT2D eigenvalue weighted by molar-refractivity contribution is 0.415. The van der Waals surface area contributed by atoms with Gasteiger partial charge in [0.15, 0.2) is 0 Å². The number of hydrogen-bond acceptors (Lipinski definition) is 5. The van der Waals surface area contributed by atoms with Crippen molar-refractivity contribution >= 4 is 25.7 Å². The van der Waals surface area contributed by atoms with Gasteiger partial charge in [0.25, 0.3) is 10.0 Å². The van der Waals surface area contributed by atoms with Gasteiger partial charge in [-0.25, -0.2) is 21.6 Å². The molecule has 0 heterocycles. The Morgan fingerprint density at radius 2 is 1.52 bits per heavy atom. The molecular formula is C18H24N2O5S2. The van der Waals surface area contributed by atoms with Crippen molar-refractivity contribution in [3.05, 3.63) is 48.0 Å². The second kappa shape index (κ2) is 7.87. The third-order valence-corrected chi connectivity index (χ3v) is 7.31. The largest absolute Gasteiger partial charge is 0.495 e. The van der Waals surface area contributed by atoms with E-state index in [4.69, 9.17) is 4.74 Å². The van der Waals surface area contributed by atoms with Crippen LogP contribution in [0.25, 0.3) is 0 Å². The highest BCUT2D eigenvalue weighted by molar-refractivity contribution is 7.92. The number of benzene rings is 2. The molecule has 0 unspecified atom stereocenters. The Hall–Kier alpha value is -2.10. The molecule has 0 fully saturated rings. The third kappa shape index (κ3) is 4.60. The van der Waals surface area contributed by atoms with Crippen LogP contribution < -0.4 is 13.8 Å².